The van der Waals surface area contributed by atoms with E-state index in [1.807, 2.05) is 0 Å². The van der Waals surface area contributed by atoms with Crippen LogP contribution in [-0.2, 0) is 9.63 Å². The van der Waals surface area contributed by atoms with Crippen LogP contribution in [-0.4, -0.2) is 34.3 Å². The maximum atomic E-state index is 10.8. The summed E-state index contributed by atoms with van der Waals surface area (Å²) in [5.74, 6) is -0.995. The quantitative estimate of drug-likeness (QED) is 0.348. The number of carboxylic acids is 1. The van der Waals surface area contributed by atoms with Crippen molar-refractivity contribution < 1.29 is 14.7 Å². The van der Waals surface area contributed by atoms with Gasteiger partial charge in [0.25, 0.3) is 0 Å². The standard InChI is InChI=1S/C7H8ClN3O3S/c8-1-2-14-11-5(6(12)13)4-3-15-7(9)10-4/h3H,1-2H2,(H2,9,10)(H,12,13)/b11-5-. The van der Waals surface area contributed by atoms with Gasteiger partial charge in [-0.05, 0) is 0 Å². The molecule has 3 N–H and O–H groups in total. The fourth-order valence-electron chi connectivity index (χ4n) is 0.736. The SMILES string of the molecule is Nc1nc(/C(=N/OCCCl)C(=O)O)cs1. The van der Waals surface area contributed by atoms with Gasteiger partial charge in [0, 0.05) is 5.38 Å². The Labute approximate surface area is 94.3 Å². The first-order valence-corrected chi connectivity index (χ1v) is 5.27. The van der Waals surface area contributed by atoms with E-state index < -0.39 is 5.97 Å². The van der Waals surface area contributed by atoms with Crippen molar-refractivity contribution in [2.45, 2.75) is 0 Å². The molecule has 1 aromatic rings. The van der Waals surface area contributed by atoms with E-state index in [1.165, 1.54) is 5.38 Å². The monoisotopic (exact) mass is 249 g/mol. The number of hydrogen-bond donors (Lipinski definition) is 2. The highest BCUT2D eigenvalue weighted by Gasteiger charge is 2.16. The first-order valence-electron chi connectivity index (χ1n) is 3.85. The van der Waals surface area contributed by atoms with E-state index in [9.17, 15) is 4.79 Å². The lowest BCUT2D eigenvalue weighted by Gasteiger charge is -1.97. The molecular weight excluding hydrogens is 242 g/mol. The molecule has 0 atom stereocenters. The first kappa shape index (κ1) is 11.7. The minimum atomic E-state index is -1.23. The highest BCUT2D eigenvalue weighted by Crippen LogP contribution is 2.12. The van der Waals surface area contributed by atoms with Crippen molar-refractivity contribution in [2.24, 2.45) is 5.16 Å². The van der Waals surface area contributed by atoms with E-state index in [1.54, 1.807) is 0 Å². The van der Waals surface area contributed by atoms with Gasteiger partial charge in [0.1, 0.15) is 12.3 Å². The summed E-state index contributed by atoms with van der Waals surface area (Å²) in [7, 11) is 0. The van der Waals surface area contributed by atoms with Gasteiger partial charge in [0.15, 0.2) is 5.13 Å². The van der Waals surface area contributed by atoms with Gasteiger partial charge in [-0.15, -0.1) is 22.9 Å². The van der Waals surface area contributed by atoms with Crippen LogP contribution in [0.3, 0.4) is 0 Å². The number of aromatic nitrogens is 1. The molecule has 15 heavy (non-hydrogen) atoms. The third-order valence-corrected chi connectivity index (χ3v) is 2.12. The van der Waals surface area contributed by atoms with Crippen molar-refractivity contribution in [2.75, 3.05) is 18.2 Å². The molecule has 82 valence electrons. The number of nitrogens with zero attached hydrogens (tertiary/aromatic N) is 2. The number of alkyl halides is 1. The second-order valence-electron chi connectivity index (χ2n) is 2.34. The van der Waals surface area contributed by atoms with Crippen molar-refractivity contribution in [3.63, 3.8) is 0 Å². The molecule has 0 saturated heterocycles. The third-order valence-electron chi connectivity index (χ3n) is 1.29. The number of carbonyl (C=O) groups is 1. The van der Waals surface area contributed by atoms with Gasteiger partial charge in [-0.25, -0.2) is 9.78 Å². The zero-order chi connectivity index (χ0) is 11.3. The molecule has 0 amide bonds. The van der Waals surface area contributed by atoms with Crippen molar-refractivity contribution in [3.05, 3.63) is 11.1 Å². The molecule has 0 fully saturated rings. The lowest BCUT2D eigenvalue weighted by molar-refractivity contribution is -0.129. The van der Waals surface area contributed by atoms with Gasteiger partial charge >= 0.3 is 5.97 Å². The molecule has 1 rings (SSSR count). The third kappa shape index (κ3) is 3.37. The van der Waals surface area contributed by atoms with Crippen LogP contribution < -0.4 is 5.73 Å². The predicted octanol–water partition coefficient (Wildman–Crippen LogP) is 0.769. The molecule has 0 aliphatic heterocycles. The van der Waals surface area contributed by atoms with Crippen molar-refractivity contribution in [1.29, 1.82) is 0 Å². The summed E-state index contributed by atoms with van der Waals surface area (Å²) in [4.78, 5) is 19.2. The summed E-state index contributed by atoms with van der Waals surface area (Å²) in [6.45, 7) is 0.137. The summed E-state index contributed by atoms with van der Waals surface area (Å²) in [6, 6.07) is 0. The van der Waals surface area contributed by atoms with Crippen molar-refractivity contribution in [1.82, 2.24) is 4.98 Å². The fourth-order valence-corrected chi connectivity index (χ4v) is 1.35. The zero-order valence-corrected chi connectivity index (χ0v) is 9.09. The average molecular weight is 250 g/mol. The van der Waals surface area contributed by atoms with Crippen molar-refractivity contribution >= 4 is 39.8 Å². The van der Waals surface area contributed by atoms with Crippen LogP contribution in [0.4, 0.5) is 5.13 Å². The molecule has 0 aliphatic carbocycles. The number of anilines is 1. The van der Waals surface area contributed by atoms with Crippen LogP contribution >= 0.6 is 22.9 Å². The van der Waals surface area contributed by atoms with Crippen LogP contribution in [0.25, 0.3) is 0 Å². The summed E-state index contributed by atoms with van der Waals surface area (Å²) in [5.41, 5.74) is 5.26. The minimum Gasteiger partial charge on any atom is -0.476 e. The molecular formula is C7H8ClN3O3S. The molecule has 8 heteroatoms. The van der Waals surface area contributed by atoms with E-state index in [2.05, 4.69) is 15.0 Å². The number of nitrogen functional groups attached to an aromatic ring is 1. The number of carboxylic acid groups (broad SMARTS) is 1. The second kappa shape index (κ2) is 5.52. The highest BCUT2D eigenvalue weighted by atomic mass is 35.5. The Morgan fingerprint density at radius 2 is 2.53 bits per heavy atom. The number of hydrogen-bond acceptors (Lipinski definition) is 6. The number of halogens is 1. The number of thiazole rings is 1. The molecule has 1 aromatic heterocycles. The molecule has 0 aliphatic rings. The van der Waals surface area contributed by atoms with Crippen LogP contribution in [0.1, 0.15) is 5.69 Å². The summed E-state index contributed by atoms with van der Waals surface area (Å²) < 4.78 is 0. The minimum absolute atomic E-state index is 0.137. The van der Waals surface area contributed by atoms with Crippen LogP contribution in [0.5, 0.6) is 0 Å². The van der Waals surface area contributed by atoms with Gasteiger partial charge in [0.05, 0.1) is 5.88 Å². The highest BCUT2D eigenvalue weighted by molar-refractivity contribution is 7.13. The number of rotatable bonds is 5. The average Bonchev–Trinajstić information content (AvgIpc) is 2.59. The van der Waals surface area contributed by atoms with E-state index in [4.69, 9.17) is 22.4 Å². The van der Waals surface area contributed by atoms with E-state index in [0.717, 1.165) is 11.3 Å². The van der Waals surface area contributed by atoms with E-state index in [0.29, 0.717) is 0 Å². The molecule has 0 unspecified atom stereocenters. The Balaban J connectivity index is 2.83. The predicted molar refractivity (Wildman–Crippen MR) is 57.4 cm³/mol. The summed E-state index contributed by atoms with van der Waals surface area (Å²) in [6.07, 6.45) is 0. The molecule has 0 aromatic carbocycles. The maximum absolute atomic E-state index is 10.8. The Hall–Kier alpha value is -1.34. The Morgan fingerprint density at radius 3 is 3.00 bits per heavy atom. The molecule has 0 saturated carbocycles. The van der Waals surface area contributed by atoms with Gasteiger partial charge < -0.3 is 15.7 Å². The summed E-state index contributed by atoms with van der Waals surface area (Å²) in [5, 5.41) is 14.0. The normalized spacial score (nSPS) is 11.4. The lowest BCUT2D eigenvalue weighted by atomic mass is 10.3. The van der Waals surface area contributed by atoms with Crippen LogP contribution in [0.15, 0.2) is 10.5 Å². The van der Waals surface area contributed by atoms with E-state index in [-0.39, 0.29) is 29.0 Å². The molecule has 6 nitrogen and oxygen atoms in total. The largest absolute Gasteiger partial charge is 0.476 e. The second-order valence-corrected chi connectivity index (χ2v) is 3.61. The zero-order valence-electron chi connectivity index (χ0n) is 7.51. The number of oxime groups is 1. The van der Waals surface area contributed by atoms with Gasteiger partial charge in [-0.3, -0.25) is 0 Å². The first-order chi connectivity index (χ1) is 7.15. The van der Waals surface area contributed by atoms with Gasteiger partial charge in [-0.1, -0.05) is 5.16 Å². The van der Waals surface area contributed by atoms with Gasteiger partial charge in [-0.2, -0.15) is 0 Å². The topological polar surface area (TPSA) is 97.8 Å². The number of nitrogens with two attached hydrogens (primary N) is 1. The molecule has 0 radical (unpaired) electrons. The van der Waals surface area contributed by atoms with Crippen LogP contribution in [0, 0.1) is 0 Å². The Kier molecular flexibility index (Phi) is 4.32. The van der Waals surface area contributed by atoms with Crippen LogP contribution in [0.2, 0.25) is 0 Å². The molecule has 0 bridgehead atoms. The fraction of sp³-hybridized carbons (Fsp3) is 0.286. The maximum Gasteiger partial charge on any atom is 0.360 e. The molecule has 1 heterocycles. The Bertz CT molecular complexity index is 379. The number of aliphatic carboxylic acids is 1. The summed E-state index contributed by atoms with van der Waals surface area (Å²) >= 11 is 6.47. The van der Waals surface area contributed by atoms with Crippen molar-refractivity contribution in [3.8, 4) is 0 Å². The molecule has 0 spiro atoms. The smallest absolute Gasteiger partial charge is 0.360 e. The van der Waals surface area contributed by atoms with Gasteiger partial charge in [0.2, 0.25) is 5.71 Å². The lowest BCUT2D eigenvalue weighted by Crippen LogP contribution is -2.16. The van der Waals surface area contributed by atoms with E-state index >= 15 is 0 Å². The Morgan fingerprint density at radius 1 is 1.80 bits per heavy atom.